The molecule has 0 spiro atoms. The highest BCUT2D eigenvalue weighted by Crippen LogP contribution is 2.28. The molecule has 1 saturated carbocycles. The molecule has 1 atom stereocenters. The lowest BCUT2D eigenvalue weighted by Crippen LogP contribution is -2.46. The van der Waals surface area contributed by atoms with Crippen LogP contribution in [0.4, 0.5) is 4.39 Å². The number of carbonyl (C=O) groups excluding carboxylic acids is 2. The lowest BCUT2D eigenvalue weighted by molar-refractivity contribution is -0.140. The van der Waals surface area contributed by atoms with Crippen molar-refractivity contribution in [3.05, 3.63) is 70.5 Å². The lowest BCUT2D eigenvalue weighted by Gasteiger charge is -2.32. The monoisotopic (exact) mass is 464 g/mol. The summed E-state index contributed by atoms with van der Waals surface area (Å²) in [4.78, 5) is 27.8. The van der Waals surface area contributed by atoms with E-state index in [9.17, 15) is 14.0 Å². The fraction of sp³-hybridized carbons (Fsp3) is 0.417. The van der Waals surface area contributed by atoms with Gasteiger partial charge < -0.3 is 10.2 Å². The summed E-state index contributed by atoms with van der Waals surface area (Å²) in [6.45, 7) is 0.116. The van der Waals surface area contributed by atoms with Crippen molar-refractivity contribution < 1.29 is 14.0 Å². The van der Waals surface area contributed by atoms with Gasteiger partial charge in [0.05, 0.1) is 0 Å². The first-order chi connectivity index (χ1) is 15.0. The van der Waals surface area contributed by atoms with Crippen molar-refractivity contribution in [2.75, 3.05) is 5.88 Å². The van der Waals surface area contributed by atoms with Crippen LogP contribution in [0.15, 0.2) is 48.5 Å². The van der Waals surface area contributed by atoms with Gasteiger partial charge in [-0.25, -0.2) is 4.39 Å². The van der Waals surface area contributed by atoms with Crippen LogP contribution in [0.1, 0.15) is 55.7 Å². The average Bonchev–Trinajstić information content (AvgIpc) is 3.04. The van der Waals surface area contributed by atoms with E-state index >= 15 is 0 Å². The van der Waals surface area contributed by atoms with Crippen LogP contribution in [0.3, 0.4) is 0 Å². The smallest absolute Gasteiger partial charge is 0.247 e. The highest BCUT2D eigenvalue weighted by Gasteiger charge is 2.32. The molecule has 3 rings (SSSR count). The van der Waals surface area contributed by atoms with Crippen molar-refractivity contribution in [1.82, 2.24) is 10.2 Å². The van der Waals surface area contributed by atoms with Crippen LogP contribution in [0, 0.1) is 5.82 Å². The first kappa shape index (κ1) is 23.6. The summed E-state index contributed by atoms with van der Waals surface area (Å²) >= 11 is 12.2. The molecule has 1 N–H and O–H groups in total. The van der Waals surface area contributed by atoms with Gasteiger partial charge >= 0.3 is 0 Å². The summed E-state index contributed by atoms with van der Waals surface area (Å²) in [5.41, 5.74) is 1.23. The molecule has 0 bridgehead atoms. The molecule has 0 heterocycles. The fourth-order valence-corrected chi connectivity index (χ4v) is 4.38. The second-order valence-electron chi connectivity index (χ2n) is 7.90. The molecule has 1 aliphatic carbocycles. The molecule has 4 nitrogen and oxygen atoms in total. The van der Waals surface area contributed by atoms with E-state index in [2.05, 4.69) is 5.32 Å². The Bertz CT molecular complexity index is 883. The largest absolute Gasteiger partial charge is 0.351 e. The van der Waals surface area contributed by atoms with E-state index in [0.717, 1.165) is 38.5 Å². The molecule has 166 valence electrons. The maximum Gasteiger partial charge on any atom is 0.247 e. The van der Waals surface area contributed by atoms with Gasteiger partial charge in [0, 0.05) is 17.6 Å². The van der Waals surface area contributed by atoms with Crippen molar-refractivity contribution in [1.29, 1.82) is 0 Å². The zero-order valence-corrected chi connectivity index (χ0v) is 18.8. The van der Waals surface area contributed by atoms with Crippen LogP contribution in [0.25, 0.3) is 0 Å². The van der Waals surface area contributed by atoms with E-state index in [-0.39, 0.29) is 24.4 Å². The molecule has 0 unspecified atom stereocenters. The molecule has 7 heteroatoms. The summed E-state index contributed by atoms with van der Waals surface area (Å²) in [5, 5.41) is 3.63. The fourth-order valence-electron chi connectivity index (χ4n) is 4.03. The van der Waals surface area contributed by atoms with E-state index in [1.54, 1.807) is 12.1 Å². The number of alkyl halides is 1. The summed E-state index contributed by atoms with van der Waals surface area (Å²) in [5.74, 6) is -1.37. The van der Waals surface area contributed by atoms with Gasteiger partial charge in [-0.15, -0.1) is 11.6 Å². The van der Waals surface area contributed by atoms with Crippen molar-refractivity contribution >= 4 is 35.0 Å². The summed E-state index contributed by atoms with van der Waals surface area (Å²) < 4.78 is 13.6. The van der Waals surface area contributed by atoms with Crippen molar-refractivity contribution in [3.8, 4) is 0 Å². The van der Waals surface area contributed by atoms with Crippen LogP contribution >= 0.6 is 23.2 Å². The van der Waals surface area contributed by atoms with Crippen LogP contribution in [-0.4, -0.2) is 28.6 Å². The Morgan fingerprint density at radius 2 is 1.68 bits per heavy atom. The first-order valence-corrected chi connectivity index (χ1v) is 11.6. The minimum absolute atomic E-state index is 0.0613. The molecule has 2 aromatic carbocycles. The Labute approximate surface area is 192 Å². The third-order valence-corrected chi connectivity index (χ3v) is 6.28. The quantitative estimate of drug-likeness (QED) is 0.426. The summed E-state index contributed by atoms with van der Waals surface area (Å²) in [7, 11) is 0. The van der Waals surface area contributed by atoms with Gasteiger partial charge in [-0.05, 0) is 42.2 Å². The minimum Gasteiger partial charge on any atom is -0.351 e. The number of benzene rings is 2. The van der Waals surface area contributed by atoms with E-state index in [1.165, 1.54) is 29.2 Å². The minimum atomic E-state index is -0.939. The molecule has 0 aromatic heterocycles. The van der Waals surface area contributed by atoms with E-state index in [4.69, 9.17) is 23.2 Å². The maximum absolute atomic E-state index is 13.6. The summed E-state index contributed by atoms with van der Waals surface area (Å²) in [6.07, 6.45) is 6.28. The number of amides is 2. The Hall–Kier alpha value is -2.11. The number of nitrogens with one attached hydrogen (secondary N) is 1. The number of halogens is 3. The molecule has 2 amide bonds. The van der Waals surface area contributed by atoms with Gasteiger partial charge in [-0.1, -0.05) is 67.6 Å². The maximum atomic E-state index is 13.6. The average molecular weight is 465 g/mol. The Morgan fingerprint density at radius 1 is 1.03 bits per heavy atom. The Kier molecular flexibility index (Phi) is 8.73. The zero-order chi connectivity index (χ0) is 22.2. The molecule has 0 aliphatic heterocycles. The first-order valence-electron chi connectivity index (χ1n) is 10.6. The van der Waals surface area contributed by atoms with Crippen molar-refractivity contribution in [3.63, 3.8) is 0 Å². The van der Waals surface area contributed by atoms with Gasteiger partial charge in [0.2, 0.25) is 11.8 Å². The van der Waals surface area contributed by atoms with E-state index < -0.39 is 17.8 Å². The van der Waals surface area contributed by atoms with Crippen LogP contribution < -0.4 is 5.32 Å². The Balaban J connectivity index is 1.94. The SMILES string of the molecule is O=C(NC1CCCCCC1)[C@H](c1ccc(F)cc1)N(Cc1ccccc1Cl)C(=O)CCl. The van der Waals surface area contributed by atoms with Crippen molar-refractivity contribution in [2.45, 2.75) is 57.2 Å². The second-order valence-corrected chi connectivity index (χ2v) is 8.57. The van der Waals surface area contributed by atoms with Gasteiger partial charge in [0.15, 0.2) is 0 Å². The standard InChI is InChI=1S/C24H27Cl2FN2O2/c25-15-22(30)29(16-18-7-5-6-10-21(18)26)23(17-11-13-19(27)14-12-17)24(31)28-20-8-3-1-2-4-9-20/h5-7,10-14,20,23H,1-4,8-9,15-16H2,(H,28,31)/t23-/m0/s1. The van der Waals surface area contributed by atoms with E-state index in [0.29, 0.717) is 16.1 Å². The summed E-state index contributed by atoms with van der Waals surface area (Å²) in [6, 6.07) is 11.9. The van der Waals surface area contributed by atoms with Gasteiger partial charge in [-0.3, -0.25) is 9.59 Å². The molecule has 0 radical (unpaired) electrons. The topological polar surface area (TPSA) is 49.4 Å². The van der Waals surface area contributed by atoms with Crippen LogP contribution in [0.5, 0.6) is 0 Å². The molecule has 1 fully saturated rings. The third-order valence-electron chi connectivity index (χ3n) is 5.68. The number of nitrogens with zero attached hydrogens (tertiary/aromatic N) is 1. The molecular formula is C24H27Cl2FN2O2. The number of hydrogen-bond acceptors (Lipinski definition) is 2. The van der Waals surface area contributed by atoms with Gasteiger partial charge in [0.25, 0.3) is 0 Å². The third kappa shape index (κ3) is 6.44. The molecule has 31 heavy (non-hydrogen) atoms. The van der Waals surface area contributed by atoms with Crippen molar-refractivity contribution in [2.24, 2.45) is 0 Å². The number of hydrogen-bond donors (Lipinski definition) is 1. The predicted octanol–water partition coefficient (Wildman–Crippen LogP) is 5.63. The van der Waals surface area contributed by atoms with Crippen LogP contribution in [-0.2, 0) is 16.1 Å². The molecule has 2 aromatic rings. The zero-order valence-electron chi connectivity index (χ0n) is 17.3. The highest BCUT2D eigenvalue weighted by atomic mass is 35.5. The normalized spacial score (nSPS) is 15.7. The Morgan fingerprint density at radius 3 is 2.29 bits per heavy atom. The number of rotatable bonds is 7. The second kappa shape index (κ2) is 11.5. The van der Waals surface area contributed by atoms with E-state index in [1.807, 2.05) is 12.1 Å². The molecule has 1 aliphatic rings. The molecular weight excluding hydrogens is 438 g/mol. The number of carbonyl (C=O) groups is 2. The highest BCUT2D eigenvalue weighted by molar-refractivity contribution is 6.31. The van der Waals surface area contributed by atoms with Gasteiger partial charge in [-0.2, -0.15) is 0 Å². The van der Waals surface area contributed by atoms with Crippen LogP contribution in [0.2, 0.25) is 5.02 Å². The lowest BCUT2D eigenvalue weighted by atomic mass is 10.0. The predicted molar refractivity (Wildman–Crippen MR) is 121 cm³/mol. The van der Waals surface area contributed by atoms with Gasteiger partial charge in [0.1, 0.15) is 17.7 Å². The molecule has 0 saturated heterocycles.